The van der Waals surface area contributed by atoms with Gasteiger partial charge in [0.25, 0.3) is 5.91 Å². The zero-order valence-electron chi connectivity index (χ0n) is 16.3. The van der Waals surface area contributed by atoms with Crippen LogP contribution in [0.2, 0.25) is 0 Å². The lowest BCUT2D eigenvalue weighted by Crippen LogP contribution is -2.36. The van der Waals surface area contributed by atoms with Gasteiger partial charge in [0, 0.05) is 29.1 Å². The zero-order chi connectivity index (χ0) is 22.9. The third-order valence-corrected chi connectivity index (χ3v) is 4.49. The quantitative estimate of drug-likeness (QED) is 0.448. The molecular weight excluding hydrogens is 427 g/mol. The Bertz CT molecular complexity index is 1310. The van der Waals surface area contributed by atoms with Crippen molar-refractivity contribution in [1.29, 1.82) is 0 Å². The van der Waals surface area contributed by atoms with Gasteiger partial charge in [-0.1, -0.05) is 12.1 Å². The molecule has 12 heteroatoms. The van der Waals surface area contributed by atoms with Crippen molar-refractivity contribution < 1.29 is 22.8 Å². The maximum Gasteiger partial charge on any atom is 0.405 e. The number of nitrogens with zero attached hydrogens (tertiary/aromatic N) is 4. The topological polar surface area (TPSA) is 119 Å². The Morgan fingerprint density at radius 1 is 1.12 bits per heavy atom. The average molecular weight is 443 g/mol. The standard InChI is InChI=1S/C20H16F3N7O2/c21-20(22,23)11-26-19(32)28-14-3-1-2-12(8-14)15-10-25-17-9-13(5-7-29(15)17)18(31)30-16(24)4-6-27-30/h1-10H,11,24H2,(H2,26,28,32). The second-order valence-corrected chi connectivity index (χ2v) is 6.76. The van der Waals surface area contributed by atoms with E-state index in [2.05, 4.69) is 15.4 Å². The number of hydrogen-bond acceptors (Lipinski definition) is 5. The first kappa shape index (κ1) is 20.9. The van der Waals surface area contributed by atoms with E-state index in [4.69, 9.17) is 5.73 Å². The van der Waals surface area contributed by atoms with Crippen LogP contribution in [0.25, 0.3) is 16.9 Å². The first-order valence-corrected chi connectivity index (χ1v) is 9.25. The fourth-order valence-electron chi connectivity index (χ4n) is 3.04. The summed E-state index contributed by atoms with van der Waals surface area (Å²) in [7, 11) is 0. The number of urea groups is 1. The summed E-state index contributed by atoms with van der Waals surface area (Å²) in [6.07, 6.45) is 0.151. The minimum atomic E-state index is -4.50. The predicted molar refractivity (Wildman–Crippen MR) is 110 cm³/mol. The molecule has 4 aromatic rings. The smallest absolute Gasteiger partial charge is 0.383 e. The number of anilines is 2. The fraction of sp³-hybridized carbons (Fsp3) is 0.100. The van der Waals surface area contributed by atoms with E-state index < -0.39 is 24.7 Å². The SMILES string of the molecule is Nc1ccnn1C(=O)c1ccn2c(-c3cccc(NC(=O)NCC(F)(F)F)c3)cnc2c1. The Kier molecular flexibility index (Phi) is 5.26. The molecule has 0 fully saturated rings. The number of hydrogen-bond donors (Lipinski definition) is 3. The Hall–Kier alpha value is -4.35. The van der Waals surface area contributed by atoms with Crippen LogP contribution in [-0.4, -0.2) is 43.8 Å². The van der Waals surface area contributed by atoms with Crippen LogP contribution >= 0.6 is 0 Å². The van der Waals surface area contributed by atoms with Gasteiger partial charge in [-0.05, 0) is 24.3 Å². The lowest BCUT2D eigenvalue weighted by molar-refractivity contribution is -0.122. The molecule has 9 nitrogen and oxygen atoms in total. The van der Waals surface area contributed by atoms with Crippen LogP contribution in [0.5, 0.6) is 0 Å². The summed E-state index contributed by atoms with van der Waals surface area (Å²) in [6.45, 7) is -1.43. The Morgan fingerprint density at radius 3 is 2.66 bits per heavy atom. The van der Waals surface area contributed by atoms with Crippen molar-refractivity contribution in [3.8, 4) is 11.3 Å². The van der Waals surface area contributed by atoms with Crippen LogP contribution in [0.15, 0.2) is 61.1 Å². The molecule has 4 rings (SSSR count). The summed E-state index contributed by atoms with van der Waals surface area (Å²) in [5.41, 5.74) is 8.16. The highest BCUT2D eigenvalue weighted by Gasteiger charge is 2.27. The predicted octanol–water partition coefficient (Wildman–Crippen LogP) is 3.15. The Labute approximate surface area is 178 Å². The summed E-state index contributed by atoms with van der Waals surface area (Å²) in [6, 6.07) is 10.3. The van der Waals surface area contributed by atoms with E-state index in [0.29, 0.717) is 28.2 Å². The summed E-state index contributed by atoms with van der Waals surface area (Å²) < 4.78 is 39.5. The van der Waals surface area contributed by atoms with E-state index >= 15 is 0 Å². The summed E-state index contributed by atoms with van der Waals surface area (Å²) >= 11 is 0. The van der Waals surface area contributed by atoms with Crippen LogP contribution in [-0.2, 0) is 0 Å². The minimum Gasteiger partial charge on any atom is -0.383 e. The van der Waals surface area contributed by atoms with E-state index in [1.165, 1.54) is 12.3 Å². The number of benzene rings is 1. The van der Waals surface area contributed by atoms with E-state index in [1.807, 2.05) is 0 Å². The van der Waals surface area contributed by atoms with Gasteiger partial charge in [-0.3, -0.25) is 9.20 Å². The van der Waals surface area contributed by atoms with E-state index in [0.717, 1.165) is 4.68 Å². The molecule has 0 aliphatic heterocycles. The number of rotatable bonds is 4. The van der Waals surface area contributed by atoms with Gasteiger partial charge in [-0.25, -0.2) is 9.78 Å². The van der Waals surface area contributed by atoms with Gasteiger partial charge in [0.15, 0.2) is 0 Å². The van der Waals surface area contributed by atoms with Gasteiger partial charge in [-0.2, -0.15) is 23.0 Å². The molecule has 164 valence electrons. The van der Waals surface area contributed by atoms with Gasteiger partial charge < -0.3 is 16.4 Å². The van der Waals surface area contributed by atoms with Gasteiger partial charge in [0.2, 0.25) is 0 Å². The van der Waals surface area contributed by atoms with Gasteiger partial charge in [-0.15, -0.1) is 0 Å². The first-order chi connectivity index (χ1) is 15.2. The molecule has 0 aliphatic carbocycles. The number of amides is 2. The van der Waals surface area contributed by atoms with Crippen molar-refractivity contribution in [3.05, 3.63) is 66.6 Å². The number of fused-ring (bicyclic) bond motifs is 1. The summed E-state index contributed by atoms with van der Waals surface area (Å²) in [4.78, 5) is 28.6. The highest BCUT2D eigenvalue weighted by Crippen LogP contribution is 2.24. The molecule has 0 atom stereocenters. The number of nitrogens with two attached hydrogens (primary N) is 1. The zero-order valence-corrected chi connectivity index (χ0v) is 16.3. The molecule has 0 aliphatic rings. The number of aromatic nitrogens is 4. The summed E-state index contributed by atoms with van der Waals surface area (Å²) in [5.74, 6) is -0.196. The normalized spacial score (nSPS) is 11.5. The molecule has 0 saturated heterocycles. The van der Waals surface area contributed by atoms with Crippen molar-refractivity contribution in [3.63, 3.8) is 0 Å². The highest BCUT2D eigenvalue weighted by molar-refractivity contribution is 5.97. The van der Waals surface area contributed by atoms with E-state index in [9.17, 15) is 22.8 Å². The largest absolute Gasteiger partial charge is 0.405 e. The number of imidazole rings is 1. The maximum atomic E-state index is 12.6. The lowest BCUT2D eigenvalue weighted by Gasteiger charge is -2.11. The fourth-order valence-corrected chi connectivity index (χ4v) is 3.04. The van der Waals surface area contributed by atoms with Crippen molar-refractivity contribution in [2.75, 3.05) is 17.6 Å². The molecule has 0 radical (unpaired) electrons. The van der Waals surface area contributed by atoms with Crippen LogP contribution in [0, 0.1) is 0 Å². The molecular formula is C20H16F3N7O2. The molecule has 0 spiro atoms. The van der Waals surface area contributed by atoms with Crippen LogP contribution < -0.4 is 16.4 Å². The number of halogens is 3. The van der Waals surface area contributed by atoms with Gasteiger partial charge >= 0.3 is 12.2 Å². The van der Waals surface area contributed by atoms with Crippen molar-refractivity contribution in [2.45, 2.75) is 6.18 Å². The van der Waals surface area contributed by atoms with E-state index in [-0.39, 0.29) is 5.82 Å². The minimum absolute atomic E-state index is 0.211. The van der Waals surface area contributed by atoms with Crippen molar-refractivity contribution >= 4 is 29.1 Å². The molecule has 3 aromatic heterocycles. The molecule has 0 bridgehead atoms. The van der Waals surface area contributed by atoms with Crippen LogP contribution in [0.3, 0.4) is 0 Å². The highest BCUT2D eigenvalue weighted by atomic mass is 19.4. The molecule has 1 aromatic carbocycles. The second-order valence-electron chi connectivity index (χ2n) is 6.76. The third kappa shape index (κ3) is 4.38. The van der Waals surface area contributed by atoms with Crippen molar-refractivity contribution in [2.24, 2.45) is 0 Å². The number of pyridine rings is 1. The van der Waals surface area contributed by atoms with Crippen LogP contribution in [0.4, 0.5) is 29.5 Å². The monoisotopic (exact) mass is 443 g/mol. The third-order valence-electron chi connectivity index (χ3n) is 4.49. The Morgan fingerprint density at radius 2 is 1.94 bits per heavy atom. The molecule has 2 amide bonds. The average Bonchev–Trinajstić information content (AvgIpc) is 3.37. The number of nitrogen functional groups attached to an aromatic ring is 1. The first-order valence-electron chi connectivity index (χ1n) is 9.25. The van der Waals surface area contributed by atoms with Gasteiger partial charge in [0.1, 0.15) is 18.0 Å². The maximum absolute atomic E-state index is 12.6. The molecule has 32 heavy (non-hydrogen) atoms. The number of carbonyl (C=O) groups is 2. The molecule has 4 N–H and O–H groups in total. The van der Waals surface area contributed by atoms with E-state index in [1.54, 1.807) is 58.5 Å². The van der Waals surface area contributed by atoms with Gasteiger partial charge in [0.05, 0.1) is 18.1 Å². The molecule has 0 saturated carbocycles. The second kappa shape index (κ2) is 8.06. The lowest BCUT2D eigenvalue weighted by atomic mass is 10.1. The molecule has 3 heterocycles. The Balaban J connectivity index is 1.56. The van der Waals surface area contributed by atoms with Crippen molar-refractivity contribution in [1.82, 2.24) is 24.5 Å². The van der Waals surface area contributed by atoms with Crippen LogP contribution in [0.1, 0.15) is 10.4 Å². The number of nitrogens with one attached hydrogen (secondary N) is 2. The summed E-state index contributed by atoms with van der Waals surface area (Å²) in [5, 5.41) is 8.01. The number of carbonyl (C=O) groups excluding carboxylic acids is 2. The number of alkyl halides is 3. The molecule has 0 unspecified atom stereocenters.